The first-order valence-corrected chi connectivity index (χ1v) is 8.78. The Balaban J connectivity index is 3.66. The summed E-state index contributed by atoms with van der Waals surface area (Å²) < 4.78 is 99.7. The van der Waals surface area contributed by atoms with Crippen LogP contribution in [0.5, 0.6) is 0 Å². The highest BCUT2D eigenvalue weighted by molar-refractivity contribution is 7.96. The van der Waals surface area contributed by atoms with Crippen molar-refractivity contribution in [1.29, 1.82) is 0 Å². The molecule has 0 heterocycles. The fraction of sp³-hybridized carbons (Fsp3) is 0.600. The van der Waals surface area contributed by atoms with Gasteiger partial charge in [-0.25, -0.2) is 17.2 Å². The number of hydrogen-bond acceptors (Lipinski definition) is 5. The summed E-state index contributed by atoms with van der Waals surface area (Å²) in [6, 6.07) is 0. The van der Waals surface area contributed by atoms with Gasteiger partial charge in [-0.1, -0.05) is 6.58 Å². The molecule has 0 amide bonds. The van der Waals surface area contributed by atoms with Gasteiger partial charge in [0.05, 0.1) is 11.5 Å². The number of alkyl halides is 5. The predicted molar refractivity (Wildman–Crippen MR) is 82.9 cm³/mol. The maximum Gasteiger partial charge on any atom is 0.501 e. The number of ether oxygens (including phenoxy) is 2. The van der Waals surface area contributed by atoms with Crippen molar-refractivity contribution in [2.45, 2.75) is 43.9 Å². The zero-order valence-electron chi connectivity index (χ0n) is 14.2. The molecule has 2 atom stereocenters. The quantitative estimate of drug-likeness (QED) is 0.542. The maximum absolute atomic E-state index is 14.0. The summed E-state index contributed by atoms with van der Waals surface area (Å²) >= 11 is 0. The van der Waals surface area contributed by atoms with Crippen LogP contribution in [-0.4, -0.2) is 50.9 Å². The third kappa shape index (κ3) is 4.26. The smallest absolute Gasteiger partial charge is 0.488 e. The normalized spacial score (nSPS) is 25.7. The second-order valence-corrected chi connectivity index (χ2v) is 7.77. The van der Waals surface area contributed by atoms with Crippen molar-refractivity contribution in [1.82, 2.24) is 0 Å². The van der Waals surface area contributed by atoms with E-state index in [9.17, 15) is 35.5 Å². The standard InChI is InChI=1S/C15H19F5O5S/c1-5-11(25-8(2)7-24-4)10-6-14(16,17)13(21)12(10)9(3)26(22,23)15(18,19)20/h5,8,13,21H,1,6-7H2,2-4H3/b11-10+,12-9-/t8-,13+/m1/s1. The first-order chi connectivity index (χ1) is 11.7. The van der Waals surface area contributed by atoms with E-state index >= 15 is 0 Å². The van der Waals surface area contributed by atoms with Crippen LogP contribution in [0.2, 0.25) is 0 Å². The summed E-state index contributed by atoms with van der Waals surface area (Å²) in [5.41, 5.74) is -7.29. The van der Waals surface area contributed by atoms with Gasteiger partial charge in [0.2, 0.25) is 0 Å². The molecule has 0 radical (unpaired) electrons. The Bertz CT molecular complexity index is 721. The Labute approximate surface area is 147 Å². The van der Waals surface area contributed by atoms with Crippen LogP contribution in [0.1, 0.15) is 20.3 Å². The van der Waals surface area contributed by atoms with E-state index in [0.717, 1.165) is 6.08 Å². The maximum atomic E-state index is 14.0. The van der Waals surface area contributed by atoms with Crippen molar-refractivity contribution in [3.63, 3.8) is 0 Å². The molecule has 1 fully saturated rings. The van der Waals surface area contributed by atoms with Gasteiger partial charge in [0.15, 0.2) is 0 Å². The minimum atomic E-state index is -5.92. The van der Waals surface area contributed by atoms with Crippen molar-refractivity contribution < 1.29 is 45.0 Å². The lowest BCUT2D eigenvalue weighted by molar-refractivity contribution is -0.0738. The van der Waals surface area contributed by atoms with Crippen LogP contribution in [0.4, 0.5) is 22.0 Å². The molecule has 150 valence electrons. The van der Waals surface area contributed by atoms with E-state index in [4.69, 9.17) is 9.47 Å². The molecule has 1 aliphatic rings. The Kier molecular flexibility index (Phi) is 6.64. The van der Waals surface area contributed by atoms with Gasteiger partial charge in [-0.15, -0.1) is 0 Å². The van der Waals surface area contributed by atoms with Gasteiger partial charge >= 0.3 is 5.51 Å². The summed E-state index contributed by atoms with van der Waals surface area (Å²) in [6.07, 6.45) is -3.66. The Morgan fingerprint density at radius 2 is 2.00 bits per heavy atom. The Morgan fingerprint density at radius 1 is 1.46 bits per heavy atom. The molecule has 26 heavy (non-hydrogen) atoms. The zero-order valence-corrected chi connectivity index (χ0v) is 15.0. The Morgan fingerprint density at radius 3 is 2.42 bits per heavy atom. The van der Waals surface area contributed by atoms with E-state index in [0.29, 0.717) is 6.92 Å². The minimum Gasteiger partial charge on any atom is -0.488 e. The highest BCUT2D eigenvalue weighted by Gasteiger charge is 2.55. The van der Waals surface area contributed by atoms with Crippen molar-refractivity contribution >= 4 is 9.84 Å². The molecular formula is C15H19F5O5S. The van der Waals surface area contributed by atoms with E-state index in [1.54, 1.807) is 0 Å². The third-order valence-corrected chi connectivity index (χ3v) is 5.35. The van der Waals surface area contributed by atoms with Crippen LogP contribution in [0.3, 0.4) is 0 Å². The Hall–Kier alpha value is -1.46. The van der Waals surface area contributed by atoms with Crippen molar-refractivity contribution in [2.75, 3.05) is 13.7 Å². The van der Waals surface area contributed by atoms with Crippen LogP contribution in [0, 0.1) is 0 Å². The van der Waals surface area contributed by atoms with E-state index in [1.165, 1.54) is 14.0 Å². The molecule has 0 aromatic rings. The summed E-state index contributed by atoms with van der Waals surface area (Å²) in [6.45, 7) is 5.40. The molecule has 0 bridgehead atoms. The van der Waals surface area contributed by atoms with Gasteiger partial charge < -0.3 is 14.6 Å². The summed E-state index contributed by atoms with van der Waals surface area (Å²) in [5.74, 6) is -4.22. The lowest BCUT2D eigenvalue weighted by Gasteiger charge is -2.19. The predicted octanol–water partition coefficient (Wildman–Crippen LogP) is 3.09. The lowest BCUT2D eigenvalue weighted by atomic mass is 10.1. The zero-order chi connectivity index (χ0) is 20.5. The van der Waals surface area contributed by atoms with Gasteiger partial charge in [0.1, 0.15) is 18.0 Å². The van der Waals surface area contributed by atoms with Crippen LogP contribution in [0.15, 0.2) is 34.5 Å². The topological polar surface area (TPSA) is 72.8 Å². The molecule has 1 aliphatic carbocycles. The molecule has 0 saturated heterocycles. The van der Waals surface area contributed by atoms with Crippen molar-refractivity contribution in [2.24, 2.45) is 0 Å². The monoisotopic (exact) mass is 406 g/mol. The largest absolute Gasteiger partial charge is 0.501 e. The van der Waals surface area contributed by atoms with Crippen molar-refractivity contribution in [3.05, 3.63) is 34.5 Å². The number of hydrogen-bond donors (Lipinski definition) is 1. The molecule has 1 N–H and O–H groups in total. The number of sulfone groups is 1. The van der Waals surface area contributed by atoms with Gasteiger partial charge in [0.25, 0.3) is 15.8 Å². The molecule has 0 aromatic heterocycles. The molecule has 1 rings (SSSR count). The fourth-order valence-corrected chi connectivity index (χ4v) is 3.35. The number of rotatable bonds is 6. The molecule has 0 unspecified atom stereocenters. The number of allylic oxidation sites excluding steroid dienone is 2. The molecular weight excluding hydrogens is 387 g/mol. The number of aliphatic hydroxyl groups excluding tert-OH is 1. The van der Waals surface area contributed by atoms with Crippen molar-refractivity contribution in [3.8, 4) is 0 Å². The molecule has 0 spiro atoms. The van der Waals surface area contributed by atoms with E-state index in [-0.39, 0.29) is 12.4 Å². The average molecular weight is 406 g/mol. The first kappa shape index (κ1) is 22.6. The number of halogens is 5. The number of methoxy groups -OCH3 is 1. The minimum absolute atomic E-state index is 0.0302. The van der Waals surface area contributed by atoms with E-state index < -0.39 is 55.9 Å². The SMILES string of the molecule is C=C/C(O[C@H](C)COC)=C1/CC(F)(F)[C@@H](O)/C1=C(/C)S(=O)(=O)C(F)(F)F. The average Bonchev–Trinajstić information content (AvgIpc) is 2.73. The summed E-state index contributed by atoms with van der Waals surface area (Å²) in [5, 5.41) is 9.78. The van der Waals surface area contributed by atoms with Gasteiger partial charge in [-0.3, -0.25) is 0 Å². The lowest BCUT2D eigenvalue weighted by Crippen LogP contribution is -2.30. The molecule has 5 nitrogen and oxygen atoms in total. The summed E-state index contributed by atoms with van der Waals surface area (Å²) in [4.78, 5) is -1.41. The van der Waals surface area contributed by atoms with Crippen LogP contribution in [-0.2, 0) is 19.3 Å². The molecule has 0 aliphatic heterocycles. The van der Waals surface area contributed by atoms with Crippen LogP contribution < -0.4 is 0 Å². The molecule has 1 saturated carbocycles. The van der Waals surface area contributed by atoms with Crippen LogP contribution >= 0.6 is 0 Å². The molecule has 11 heteroatoms. The van der Waals surface area contributed by atoms with Gasteiger partial charge in [0, 0.05) is 24.7 Å². The summed E-state index contributed by atoms with van der Waals surface area (Å²) in [7, 11) is -4.57. The number of aliphatic hydroxyl groups is 1. The second-order valence-electron chi connectivity index (χ2n) is 5.69. The van der Waals surface area contributed by atoms with Gasteiger partial charge in [-0.05, 0) is 19.9 Å². The highest BCUT2D eigenvalue weighted by Crippen LogP contribution is 2.47. The fourth-order valence-electron chi connectivity index (χ4n) is 2.47. The van der Waals surface area contributed by atoms with Gasteiger partial charge in [-0.2, -0.15) is 13.2 Å². The van der Waals surface area contributed by atoms with Crippen LogP contribution in [0.25, 0.3) is 0 Å². The first-order valence-electron chi connectivity index (χ1n) is 7.30. The second kappa shape index (κ2) is 7.65. The third-order valence-electron chi connectivity index (χ3n) is 3.71. The molecule has 0 aromatic carbocycles. The van der Waals surface area contributed by atoms with E-state index in [2.05, 4.69) is 6.58 Å². The highest BCUT2D eigenvalue weighted by atomic mass is 32.2. The van der Waals surface area contributed by atoms with E-state index in [1.807, 2.05) is 0 Å².